The molecule has 0 spiro atoms. The Bertz CT molecular complexity index is 475. The minimum atomic E-state index is -0.890. The molecule has 4 nitrogen and oxygen atoms in total. The minimum absolute atomic E-state index is 0.0956. The maximum absolute atomic E-state index is 11.8. The van der Waals surface area contributed by atoms with Crippen LogP contribution in [-0.2, 0) is 15.6 Å². The van der Waals surface area contributed by atoms with Crippen LogP contribution in [0.5, 0.6) is 0 Å². The van der Waals surface area contributed by atoms with Crippen molar-refractivity contribution in [2.45, 2.75) is 39.5 Å². The van der Waals surface area contributed by atoms with Gasteiger partial charge in [-0.1, -0.05) is 19.8 Å². The summed E-state index contributed by atoms with van der Waals surface area (Å²) in [5.41, 5.74) is 8.04. The van der Waals surface area contributed by atoms with Crippen LogP contribution >= 0.6 is 0 Å². The van der Waals surface area contributed by atoms with Crippen molar-refractivity contribution in [1.82, 2.24) is 0 Å². The summed E-state index contributed by atoms with van der Waals surface area (Å²) in [6.45, 7) is 4.01. The van der Waals surface area contributed by atoms with Crippen LogP contribution in [0.4, 0.5) is 11.4 Å². The lowest BCUT2D eigenvalue weighted by molar-refractivity contribution is -0.115. The summed E-state index contributed by atoms with van der Waals surface area (Å²) in [6, 6.07) is 5.37. The van der Waals surface area contributed by atoms with E-state index in [2.05, 4.69) is 12.2 Å². The average molecular weight is 296 g/mol. The predicted octanol–water partition coefficient (Wildman–Crippen LogP) is 2.84. The fourth-order valence-electron chi connectivity index (χ4n) is 1.86. The molecule has 0 aromatic heterocycles. The number of aryl methyl sites for hydroxylation is 1. The Hall–Kier alpha value is -1.36. The summed E-state index contributed by atoms with van der Waals surface area (Å²) < 4.78 is 11.7. The van der Waals surface area contributed by atoms with Gasteiger partial charge in [0.05, 0.1) is 0 Å². The summed E-state index contributed by atoms with van der Waals surface area (Å²) in [5, 5.41) is 2.83. The Kier molecular flexibility index (Phi) is 7.30. The Morgan fingerprint density at radius 1 is 1.30 bits per heavy atom. The van der Waals surface area contributed by atoms with Crippen LogP contribution in [0.3, 0.4) is 0 Å². The van der Waals surface area contributed by atoms with Gasteiger partial charge in [-0.25, -0.2) is 0 Å². The average Bonchev–Trinajstić information content (AvgIpc) is 2.40. The molecule has 1 aromatic rings. The number of anilines is 2. The highest BCUT2D eigenvalue weighted by atomic mass is 32.2. The van der Waals surface area contributed by atoms with Gasteiger partial charge in [-0.15, -0.1) is 0 Å². The Labute approximate surface area is 123 Å². The lowest BCUT2D eigenvalue weighted by Gasteiger charge is -2.09. The molecule has 0 saturated carbocycles. The maximum atomic E-state index is 11.8. The van der Waals surface area contributed by atoms with Gasteiger partial charge in [0.25, 0.3) is 0 Å². The van der Waals surface area contributed by atoms with Crippen LogP contribution in [0.2, 0.25) is 0 Å². The largest absolute Gasteiger partial charge is 0.399 e. The highest BCUT2D eigenvalue weighted by molar-refractivity contribution is 7.84. The molecule has 3 N–H and O–H groups in total. The number of nitrogens with two attached hydrogens (primary N) is 1. The zero-order valence-electron chi connectivity index (χ0n) is 12.3. The third-order valence-electron chi connectivity index (χ3n) is 3.06. The molecule has 20 heavy (non-hydrogen) atoms. The van der Waals surface area contributed by atoms with Crippen molar-refractivity contribution in [1.29, 1.82) is 0 Å². The van der Waals surface area contributed by atoms with Crippen LogP contribution in [0.1, 0.15) is 38.2 Å². The molecule has 0 bridgehead atoms. The van der Waals surface area contributed by atoms with E-state index >= 15 is 0 Å². The molecule has 1 rings (SSSR count). The standard InChI is InChI=1S/C15H24N2O2S/c1-3-4-5-9-20(19)10-8-15(18)17-14-7-6-13(16)11-12(14)2/h6-7,11H,3-5,8-10,16H2,1-2H3,(H,17,18). The van der Waals surface area contributed by atoms with E-state index < -0.39 is 10.8 Å². The Morgan fingerprint density at radius 3 is 2.70 bits per heavy atom. The number of unbranched alkanes of at least 4 members (excludes halogenated alkanes) is 2. The van der Waals surface area contributed by atoms with Crippen LogP contribution in [-0.4, -0.2) is 21.6 Å². The van der Waals surface area contributed by atoms with Crippen LogP contribution < -0.4 is 11.1 Å². The molecule has 1 atom stereocenters. The van der Waals surface area contributed by atoms with Crippen molar-refractivity contribution in [2.24, 2.45) is 0 Å². The second-order valence-electron chi connectivity index (χ2n) is 4.93. The molecule has 1 amide bonds. The highest BCUT2D eigenvalue weighted by Gasteiger charge is 2.07. The normalized spacial score (nSPS) is 12.1. The van der Waals surface area contributed by atoms with Gasteiger partial charge in [-0.3, -0.25) is 9.00 Å². The summed E-state index contributed by atoms with van der Waals surface area (Å²) in [5.74, 6) is 1.03. The number of nitrogen functional groups attached to an aromatic ring is 1. The second kappa shape index (κ2) is 8.74. The van der Waals surface area contributed by atoms with E-state index in [1.807, 2.05) is 13.0 Å². The lowest BCUT2D eigenvalue weighted by Crippen LogP contribution is -2.16. The molecule has 0 heterocycles. The van der Waals surface area contributed by atoms with E-state index in [9.17, 15) is 9.00 Å². The predicted molar refractivity (Wildman–Crippen MR) is 86.2 cm³/mol. The third-order valence-corrected chi connectivity index (χ3v) is 4.46. The third kappa shape index (κ3) is 6.19. The molecule has 1 aromatic carbocycles. The van der Waals surface area contributed by atoms with E-state index in [-0.39, 0.29) is 5.91 Å². The number of benzene rings is 1. The van der Waals surface area contributed by atoms with Gasteiger partial charge in [0.1, 0.15) is 0 Å². The van der Waals surface area contributed by atoms with Crippen molar-refractivity contribution >= 4 is 28.1 Å². The van der Waals surface area contributed by atoms with E-state index in [1.165, 1.54) is 0 Å². The Morgan fingerprint density at radius 2 is 2.05 bits per heavy atom. The topological polar surface area (TPSA) is 72.2 Å². The minimum Gasteiger partial charge on any atom is -0.399 e. The first-order chi connectivity index (χ1) is 9.52. The number of carbonyl (C=O) groups is 1. The smallest absolute Gasteiger partial charge is 0.225 e. The number of hydrogen-bond acceptors (Lipinski definition) is 3. The van der Waals surface area contributed by atoms with Crippen molar-refractivity contribution in [3.63, 3.8) is 0 Å². The van der Waals surface area contributed by atoms with Gasteiger partial charge in [-0.05, 0) is 37.1 Å². The fraction of sp³-hybridized carbons (Fsp3) is 0.533. The van der Waals surface area contributed by atoms with Gasteiger partial charge >= 0.3 is 0 Å². The highest BCUT2D eigenvalue weighted by Crippen LogP contribution is 2.17. The van der Waals surface area contributed by atoms with Crippen molar-refractivity contribution < 1.29 is 9.00 Å². The van der Waals surface area contributed by atoms with Crippen molar-refractivity contribution in [2.75, 3.05) is 22.6 Å². The monoisotopic (exact) mass is 296 g/mol. The quantitative estimate of drug-likeness (QED) is 0.572. The van der Waals surface area contributed by atoms with Crippen molar-refractivity contribution in [3.8, 4) is 0 Å². The molecular weight excluding hydrogens is 272 g/mol. The molecular formula is C15H24N2O2S. The lowest BCUT2D eigenvalue weighted by atomic mass is 10.2. The summed E-state index contributed by atoms with van der Waals surface area (Å²) in [7, 11) is -0.890. The number of rotatable bonds is 8. The molecule has 0 radical (unpaired) electrons. The van der Waals surface area contributed by atoms with Gasteiger partial charge in [0.15, 0.2) is 0 Å². The number of amides is 1. The number of carbonyl (C=O) groups excluding carboxylic acids is 1. The maximum Gasteiger partial charge on any atom is 0.225 e. The molecule has 0 aliphatic rings. The summed E-state index contributed by atoms with van der Waals surface area (Å²) in [6.07, 6.45) is 3.49. The molecule has 0 aliphatic heterocycles. The zero-order chi connectivity index (χ0) is 15.0. The first-order valence-corrected chi connectivity index (χ1v) is 8.52. The summed E-state index contributed by atoms with van der Waals surface area (Å²) >= 11 is 0. The molecule has 112 valence electrons. The summed E-state index contributed by atoms with van der Waals surface area (Å²) in [4.78, 5) is 11.8. The van der Waals surface area contributed by atoms with Crippen LogP contribution in [0.25, 0.3) is 0 Å². The van der Waals surface area contributed by atoms with E-state index in [4.69, 9.17) is 5.73 Å². The van der Waals surface area contributed by atoms with Gasteiger partial charge in [-0.2, -0.15) is 0 Å². The molecule has 0 saturated heterocycles. The second-order valence-corrected chi connectivity index (χ2v) is 6.62. The first-order valence-electron chi connectivity index (χ1n) is 7.04. The Balaban J connectivity index is 2.34. The number of nitrogens with one attached hydrogen (secondary N) is 1. The van der Waals surface area contributed by atoms with Gasteiger partial charge in [0, 0.05) is 40.1 Å². The molecule has 0 aliphatic carbocycles. The van der Waals surface area contributed by atoms with E-state index in [1.54, 1.807) is 12.1 Å². The van der Waals surface area contributed by atoms with Crippen molar-refractivity contribution in [3.05, 3.63) is 23.8 Å². The van der Waals surface area contributed by atoms with Crippen LogP contribution in [0.15, 0.2) is 18.2 Å². The van der Waals surface area contributed by atoms with Gasteiger partial charge in [0.2, 0.25) is 5.91 Å². The first kappa shape index (κ1) is 16.7. The van der Waals surface area contributed by atoms with Crippen LogP contribution in [0, 0.1) is 6.92 Å². The zero-order valence-corrected chi connectivity index (χ0v) is 13.1. The van der Waals surface area contributed by atoms with Gasteiger partial charge < -0.3 is 11.1 Å². The molecule has 0 fully saturated rings. The fourth-order valence-corrected chi connectivity index (χ4v) is 3.00. The number of hydrogen-bond donors (Lipinski definition) is 2. The van der Waals surface area contributed by atoms with E-state index in [0.717, 1.165) is 30.5 Å². The molecule has 1 unspecified atom stereocenters. The molecule has 5 heteroatoms. The SMILES string of the molecule is CCCCCS(=O)CCC(=O)Nc1ccc(N)cc1C. The van der Waals surface area contributed by atoms with E-state index in [0.29, 0.717) is 23.6 Å².